The Hall–Kier alpha value is -3.43. The molecule has 0 unspecified atom stereocenters. The zero-order valence-corrected chi connectivity index (χ0v) is 16.7. The quantitative estimate of drug-likeness (QED) is 0.585. The summed E-state index contributed by atoms with van der Waals surface area (Å²) in [6.07, 6.45) is -1.97. The zero-order valence-electron chi connectivity index (χ0n) is 16.7. The molecule has 0 bridgehead atoms. The third-order valence-electron chi connectivity index (χ3n) is 4.44. The van der Waals surface area contributed by atoms with E-state index in [-0.39, 0.29) is 19.3 Å². The van der Waals surface area contributed by atoms with E-state index in [9.17, 15) is 27.6 Å². The summed E-state index contributed by atoms with van der Waals surface area (Å²) in [7, 11) is 1.13. The topological polar surface area (TPSA) is 97.4 Å². The summed E-state index contributed by atoms with van der Waals surface area (Å²) in [4.78, 5) is 40.2. The summed E-state index contributed by atoms with van der Waals surface area (Å²) >= 11 is 0. The Morgan fingerprint density at radius 3 is 2.19 bits per heavy atom. The molecule has 1 aromatic carbocycles. The first-order valence-corrected chi connectivity index (χ1v) is 9.39. The fraction of sp³-hybridized carbons (Fsp3) is 0.333. The standard InChI is InChI=1S/C21H22F3N3O4/c1-31-19(29)17(13-15-9-11-25-12-10-15)26-18(28)16(27-20(30)21(22,23)24)8-7-14-5-3-2-4-6-14/h2-6,9-12,16-17H,7-8,13H2,1H3,(H,26,28)(H,27,30)/t16-,17-/m0/s1. The van der Waals surface area contributed by atoms with Crippen LogP contribution in [0.5, 0.6) is 0 Å². The van der Waals surface area contributed by atoms with E-state index >= 15 is 0 Å². The van der Waals surface area contributed by atoms with Crippen LogP contribution >= 0.6 is 0 Å². The SMILES string of the molecule is COC(=O)[C@H](Cc1ccncc1)NC(=O)[C@H](CCc1ccccc1)NC(=O)C(F)(F)F. The number of hydrogen-bond donors (Lipinski definition) is 2. The second-order valence-electron chi connectivity index (χ2n) is 6.69. The lowest BCUT2D eigenvalue weighted by Gasteiger charge is -2.23. The van der Waals surface area contributed by atoms with Crippen molar-refractivity contribution in [2.45, 2.75) is 37.5 Å². The molecule has 0 aliphatic rings. The van der Waals surface area contributed by atoms with Crippen molar-refractivity contribution in [2.24, 2.45) is 0 Å². The number of esters is 1. The third-order valence-corrected chi connectivity index (χ3v) is 4.44. The van der Waals surface area contributed by atoms with Gasteiger partial charge >= 0.3 is 18.1 Å². The van der Waals surface area contributed by atoms with Gasteiger partial charge in [-0.2, -0.15) is 13.2 Å². The molecule has 10 heteroatoms. The van der Waals surface area contributed by atoms with Crippen molar-refractivity contribution in [3.8, 4) is 0 Å². The Balaban J connectivity index is 2.15. The van der Waals surface area contributed by atoms with Crippen LogP contribution in [0.3, 0.4) is 0 Å². The predicted molar refractivity (Wildman–Crippen MR) is 105 cm³/mol. The highest BCUT2D eigenvalue weighted by atomic mass is 19.4. The van der Waals surface area contributed by atoms with Crippen LogP contribution in [0.4, 0.5) is 13.2 Å². The van der Waals surface area contributed by atoms with E-state index in [0.29, 0.717) is 5.56 Å². The maximum atomic E-state index is 12.7. The molecule has 2 atom stereocenters. The van der Waals surface area contributed by atoms with Gasteiger partial charge in [-0.3, -0.25) is 14.6 Å². The number of nitrogens with one attached hydrogen (secondary N) is 2. The van der Waals surface area contributed by atoms with Crippen molar-refractivity contribution in [2.75, 3.05) is 7.11 Å². The molecule has 0 saturated heterocycles. The van der Waals surface area contributed by atoms with E-state index in [4.69, 9.17) is 4.74 Å². The maximum Gasteiger partial charge on any atom is 0.471 e. The molecular formula is C21H22F3N3O4. The molecule has 2 amide bonds. The zero-order chi connectivity index (χ0) is 22.9. The Kier molecular flexibility index (Phi) is 8.53. The average Bonchev–Trinajstić information content (AvgIpc) is 2.76. The van der Waals surface area contributed by atoms with Gasteiger partial charge in [0.05, 0.1) is 7.11 Å². The number of halogens is 3. The molecule has 2 aromatic rings. The van der Waals surface area contributed by atoms with Gasteiger partial charge in [0.15, 0.2) is 0 Å². The largest absolute Gasteiger partial charge is 0.471 e. The predicted octanol–water partition coefficient (Wildman–Crippen LogP) is 1.96. The van der Waals surface area contributed by atoms with Crippen molar-refractivity contribution >= 4 is 17.8 Å². The average molecular weight is 437 g/mol. The fourth-order valence-electron chi connectivity index (χ4n) is 2.83. The molecule has 2 N–H and O–H groups in total. The van der Waals surface area contributed by atoms with Gasteiger partial charge in [0.1, 0.15) is 12.1 Å². The molecule has 0 radical (unpaired) electrons. The molecule has 31 heavy (non-hydrogen) atoms. The van der Waals surface area contributed by atoms with E-state index in [2.05, 4.69) is 10.3 Å². The van der Waals surface area contributed by atoms with Crippen molar-refractivity contribution < 1.29 is 32.3 Å². The van der Waals surface area contributed by atoms with Crippen LogP contribution in [0.1, 0.15) is 17.5 Å². The lowest BCUT2D eigenvalue weighted by atomic mass is 10.0. The number of aryl methyl sites for hydroxylation is 1. The summed E-state index contributed by atoms with van der Waals surface area (Å²) in [6, 6.07) is 9.38. The van der Waals surface area contributed by atoms with Gasteiger partial charge in [-0.25, -0.2) is 4.79 Å². The first kappa shape index (κ1) is 23.8. The first-order chi connectivity index (χ1) is 14.7. The van der Waals surface area contributed by atoms with E-state index in [1.165, 1.54) is 12.4 Å². The minimum absolute atomic E-state index is 0.0412. The van der Waals surface area contributed by atoms with E-state index in [0.717, 1.165) is 12.7 Å². The van der Waals surface area contributed by atoms with Crippen LogP contribution in [-0.2, 0) is 32.0 Å². The molecule has 0 aliphatic heterocycles. The molecule has 0 saturated carbocycles. The van der Waals surface area contributed by atoms with Gasteiger partial charge in [-0.05, 0) is 36.1 Å². The lowest BCUT2D eigenvalue weighted by molar-refractivity contribution is -0.174. The monoisotopic (exact) mass is 437 g/mol. The fourth-order valence-corrected chi connectivity index (χ4v) is 2.83. The van der Waals surface area contributed by atoms with Crippen molar-refractivity contribution in [3.05, 3.63) is 66.0 Å². The summed E-state index contributed by atoms with van der Waals surface area (Å²) in [6.45, 7) is 0. The smallest absolute Gasteiger partial charge is 0.467 e. The van der Waals surface area contributed by atoms with Crippen molar-refractivity contribution in [1.82, 2.24) is 15.6 Å². The number of carbonyl (C=O) groups excluding carboxylic acids is 3. The van der Waals surface area contributed by atoms with Crippen LogP contribution in [0.15, 0.2) is 54.9 Å². The molecule has 1 aromatic heterocycles. The third kappa shape index (κ3) is 7.72. The second-order valence-corrected chi connectivity index (χ2v) is 6.69. The molecule has 0 spiro atoms. The van der Waals surface area contributed by atoms with Gasteiger partial charge < -0.3 is 15.4 Å². The second kappa shape index (κ2) is 11.1. The summed E-state index contributed by atoms with van der Waals surface area (Å²) in [5.41, 5.74) is 1.44. The van der Waals surface area contributed by atoms with E-state index < -0.39 is 36.0 Å². The van der Waals surface area contributed by atoms with Crippen LogP contribution < -0.4 is 10.6 Å². The minimum Gasteiger partial charge on any atom is -0.467 e. The number of aromatic nitrogens is 1. The highest BCUT2D eigenvalue weighted by Crippen LogP contribution is 2.16. The number of nitrogens with zero attached hydrogens (tertiary/aromatic N) is 1. The Labute approximate surface area is 177 Å². The van der Waals surface area contributed by atoms with Crippen LogP contribution in [0.25, 0.3) is 0 Å². The maximum absolute atomic E-state index is 12.7. The number of ether oxygens (including phenoxy) is 1. The minimum atomic E-state index is -5.15. The Bertz CT molecular complexity index is 876. The summed E-state index contributed by atoms with van der Waals surface area (Å²) in [5, 5.41) is 4.11. The van der Waals surface area contributed by atoms with E-state index in [1.807, 2.05) is 0 Å². The Morgan fingerprint density at radius 2 is 1.61 bits per heavy atom. The van der Waals surface area contributed by atoms with Crippen molar-refractivity contribution in [1.29, 1.82) is 0 Å². The van der Waals surface area contributed by atoms with Crippen LogP contribution in [-0.4, -0.2) is 48.1 Å². The molecule has 2 rings (SSSR count). The number of benzene rings is 1. The van der Waals surface area contributed by atoms with Gasteiger partial charge in [0, 0.05) is 18.8 Å². The molecule has 7 nitrogen and oxygen atoms in total. The number of pyridine rings is 1. The van der Waals surface area contributed by atoms with Crippen molar-refractivity contribution in [3.63, 3.8) is 0 Å². The number of alkyl halides is 3. The number of methoxy groups -OCH3 is 1. The molecule has 166 valence electrons. The highest BCUT2D eigenvalue weighted by molar-refractivity contribution is 5.92. The summed E-state index contributed by atoms with van der Waals surface area (Å²) in [5.74, 6) is -3.92. The first-order valence-electron chi connectivity index (χ1n) is 9.39. The Morgan fingerprint density at radius 1 is 0.968 bits per heavy atom. The van der Waals surface area contributed by atoms with Gasteiger partial charge in [0.25, 0.3) is 0 Å². The molecular weight excluding hydrogens is 415 g/mol. The molecule has 0 aliphatic carbocycles. The molecule has 1 heterocycles. The summed E-state index contributed by atoms with van der Waals surface area (Å²) < 4.78 is 42.9. The van der Waals surface area contributed by atoms with Gasteiger partial charge in [-0.15, -0.1) is 0 Å². The highest BCUT2D eigenvalue weighted by Gasteiger charge is 2.41. The van der Waals surface area contributed by atoms with Gasteiger partial charge in [-0.1, -0.05) is 30.3 Å². The number of carbonyl (C=O) groups is 3. The number of hydrogen-bond acceptors (Lipinski definition) is 5. The normalized spacial score (nSPS) is 13.0. The van der Waals surface area contributed by atoms with Gasteiger partial charge in [0.2, 0.25) is 5.91 Å². The lowest BCUT2D eigenvalue weighted by Crippen LogP contribution is -2.54. The van der Waals surface area contributed by atoms with Crippen LogP contribution in [0, 0.1) is 0 Å². The van der Waals surface area contributed by atoms with Crippen LogP contribution in [0.2, 0.25) is 0 Å². The van der Waals surface area contributed by atoms with E-state index in [1.54, 1.807) is 47.8 Å². The molecule has 0 fully saturated rings. The number of amides is 2. The number of rotatable bonds is 9.